The van der Waals surface area contributed by atoms with Crippen LogP contribution in [-0.2, 0) is 6.42 Å². The summed E-state index contributed by atoms with van der Waals surface area (Å²) in [7, 11) is 0. The van der Waals surface area contributed by atoms with E-state index in [1.54, 1.807) is 0 Å². The third-order valence-corrected chi connectivity index (χ3v) is 2.97. The van der Waals surface area contributed by atoms with Gasteiger partial charge in [-0.05, 0) is 50.7 Å². The van der Waals surface area contributed by atoms with E-state index in [0.717, 1.165) is 25.7 Å². The van der Waals surface area contributed by atoms with Gasteiger partial charge >= 0.3 is 0 Å². The summed E-state index contributed by atoms with van der Waals surface area (Å²) >= 11 is 0. The minimum atomic E-state index is 0.278. The minimum absolute atomic E-state index is 0.278. The highest BCUT2D eigenvalue weighted by Gasteiger charge is 2.06. The van der Waals surface area contributed by atoms with Gasteiger partial charge < -0.3 is 5.73 Å². The van der Waals surface area contributed by atoms with Crippen LogP contribution in [0.25, 0.3) is 0 Å². The van der Waals surface area contributed by atoms with Crippen molar-refractivity contribution in [2.24, 2.45) is 5.73 Å². The zero-order chi connectivity index (χ0) is 12.0. The van der Waals surface area contributed by atoms with Crippen LogP contribution in [0.5, 0.6) is 0 Å². The Morgan fingerprint density at radius 1 is 1.38 bits per heavy atom. The van der Waals surface area contributed by atoms with Gasteiger partial charge in [0, 0.05) is 6.04 Å². The number of benzene rings is 1. The minimum Gasteiger partial charge on any atom is -0.327 e. The monoisotopic (exact) mass is 217 g/mol. The molecule has 0 saturated heterocycles. The number of nitrogens with two attached hydrogens (primary N) is 1. The smallest absolute Gasteiger partial charge is 0.00795 e. The molecule has 0 aliphatic heterocycles. The largest absolute Gasteiger partial charge is 0.327 e. The van der Waals surface area contributed by atoms with Crippen LogP contribution in [0.1, 0.15) is 36.0 Å². The summed E-state index contributed by atoms with van der Waals surface area (Å²) in [6.07, 6.45) is 6.25. The predicted octanol–water partition coefficient (Wildman–Crippen LogP) is 3.53. The van der Waals surface area contributed by atoms with Crippen molar-refractivity contribution in [1.29, 1.82) is 0 Å². The van der Waals surface area contributed by atoms with Crippen LogP contribution < -0.4 is 5.73 Å². The molecule has 2 N–H and O–H groups in total. The van der Waals surface area contributed by atoms with Crippen molar-refractivity contribution in [3.05, 3.63) is 47.5 Å². The van der Waals surface area contributed by atoms with Crippen LogP contribution in [-0.4, -0.2) is 6.04 Å². The molecule has 1 aromatic carbocycles. The first-order valence-corrected chi connectivity index (χ1v) is 6.06. The average Bonchev–Trinajstić information content (AvgIpc) is 2.24. The highest BCUT2D eigenvalue weighted by Crippen LogP contribution is 2.14. The van der Waals surface area contributed by atoms with Gasteiger partial charge in [-0.15, -0.1) is 6.58 Å². The van der Waals surface area contributed by atoms with Gasteiger partial charge in [-0.2, -0.15) is 0 Å². The van der Waals surface area contributed by atoms with E-state index >= 15 is 0 Å². The molecule has 1 aromatic rings. The number of hydrogen-bond donors (Lipinski definition) is 1. The van der Waals surface area contributed by atoms with Crippen molar-refractivity contribution in [3.63, 3.8) is 0 Å². The summed E-state index contributed by atoms with van der Waals surface area (Å²) in [5, 5.41) is 0. The molecule has 0 amide bonds. The maximum Gasteiger partial charge on any atom is 0.00795 e. The highest BCUT2D eigenvalue weighted by molar-refractivity contribution is 5.31. The number of unbranched alkanes of at least 4 members (excludes halogenated alkanes) is 1. The fourth-order valence-corrected chi connectivity index (χ4v) is 1.93. The Balaban J connectivity index is 2.51. The van der Waals surface area contributed by atoms with Crippen molar-refractivity contribution >= 4 is 0 Å². The second kappa shape index (κ2) is 6.49. The molecule has 0 bridgehead atoms. The molecule has 0 radical (unpaired) electrons. The van der Waals surface area contributed by atoms with Gasteiger partial charge in [-0.25, -0.2) is 0 Å². The molecule has 1 atom stereocenters. The Kier molecular flexibility index (Phi) is 5.27. The van der Waals surface area contributed by atoms with Crippen molar-refractivity contribution in [2.45, 2.75) is 45.6 Å². The number of hydrogen-bond acceptors (Lipinski definition) is 1. The van der Waals surface area contributed by atoms with Crippen molar-refractivity contribution in [2.75, 3.05) is 0 Å². The number of allylic oxidation sites excluding steroid dienone is 1. The fourth-order valence-electron chi connectivity index (χ4n) is 1.93. The van der Waals surface area contributed by atoms with Crippen LogP contribution in [0.3, 0.4) is 0 Å². The van der Waals surface area contributed by atoms with E-state index in [1.807, 2.05) is 6.08 Å². The zero-order valence-corrected chi connectivity index (χ0v) is 10.5. The Hall–Kier alpha value is -1.08. The Bertz CT molecular complexity index is 341. The summed E-state index contributed by atoms with van der Waals surface area (Å²) < 4.78 is 0. The average molecular weight is 217 g/mol. The summed E-state index contributed by atoms with van der Waals surface area (Å²) in [6, 6.07) is 6.87. The van der Waals surface area contributed by atoms with Gasteiger partial charge in [0.05, 0.1) is 0 Å². The van der Waals surface area contributed by atoms with E-state index in [1.165, 1.54) is 16.7 Å². The first-order chi connectivity index (χ1) is 7.63. The molecule has 1 heteroatoms. The summed E-state index contributed by atoms with van der Waals surface area (Å²) in [4.78, 5) is 0. The van der Waals surface area contributed by atoms with Gasteiger partial charge in [0.2, 0.25) is 0 Å². The van der Waals surface area contributed by atoms with Gasteiger partial charge in [-0.1, -0.05) is 29.8 Å². The van der Waals surface area contributed by atoms with Crippen molar-refractivity contribution < 1.29 is 0 Å². The normalized spacial score (nSPS) is 12.4. The lowest BCUT2D eigenvalue weighted by Gasteiger charge is -2.13. The Morgan fingerprint density at radius 2 is 2.12 bits per heavy atom. The topological polar surface area (TPSA) is 26.0 Å². The molecule has 0 spiro atoms. The van der Waals surface area contributed by atoms with Crippen LogP contribution in [0.4, 0.5) is 0 Å². The van der Waals surface area contributed by atoms with E-state index in [0.29, 0.717) is 0 Å². The molecule has 0 saturated carbocycles. The second-order valence-corrected chi connectivity index (χ2v) is 4.61. The molecule has 0 aromatic heterocycles. The SMILES string of the molecule is C=CCCCC(N)Cc1cc(C)ccc1C. The van der Waals surface area contributed by atoms with E-state index < -0.39 is 0 Å². The van der Waals surface area contributed by atoms with E-state index in [4.69, 9.17) is 5.73 Å². The molecular formula is C15H23N. The zero-order valence-electron chi connectivity index (χ0n) is 10.5. The molecule has 1 nitrogen and oxygen atoms in total. The lowest BCUT2D eigenvalue weighted by molar-refractivity contribution is 0.583. The molecule has 0 heterocycles. The van der Waals surface area contributed by atoms with E-state index in [9.17, 15) is 0 Å². The van der Waals surface area contributed by atoms with Gasteiger partial charge in [0.1, 0.15) is 0 Å². The Labute approximate surface area is 99.4 Å². The lowest BCUT2D eigenvalue weighted by Crippen LogP contribution is -2.23. The maximum atomic E-state index is 6.13. The highest BCUT2D eigenvalue weighted by atomic mass is 14.6. The van der Waals surface area contributed by atoms with Gasteiger partial charge in [0.25, 0.3) is 0 Å². The third kappa shape index (κ3) is 4.19. The molecule has 16 heavy (non-hydrogen) atoms. The van der Waals surface area contributed by atoms with E-state index in [2.05, 4.69) is 38.6 Å². The predicted molar refractivity (Wildman–Crippen MR) is 71.6 cm³/mol. The molecule has 1 unspecified atom stereocenters. The van der Waals surface area contributed by atoms with E-state index in [-0.39, 0.29) is 6.04 Å². The van der Waals surface area contributed by atoms with Crippen LogP contribution in [0.2, 0.25) is 0 Å². The standard InChI is InChI=1S/C15H23N/c1-4-5-6-7-15(16)11-14-10-12(2)8-9-13(14)3/h4,8-10,15H,1,5-7,11,16H2,2-3H3. The van der Waals surface area contributed by atoms with Crippen LogP contribution >= 0.6 is 0 Å². The van der Waals surface area contributed by atoms with Gasteiger partial charge in [0.15, 0.2) is 0 Å². The van der Waals surface area contributed by atoms with Gasteiger partial charge in [-0.3, -0.25) is 0 Å². The molecule has 0 aliphatic rings. The maximum absolute atomic E-state index is 6.13. The molecule has 88 valence electrons. The molecule has 0 aliphatic carbocycles. The summed E-state index contributed by atoms with van der Waals surface area (Å²) in [5.41, 5.74) is 10.2. The summed E-state index contributed by atoms with van der Waals surface area (Å²) in [6.45, 7) is 8.02. The van der Waals surface area contributed by atoms with Crippen molar-refractivity contribution in [1.82, 2.24) is 0 Å². The fraction of sp³-hybridized carbons (Fsp3) is 0.467. The Morgan fingerprint density at radius 3 is 2.81 bits per heavy atom. The lowest BCUT2D eigenvalue weighted by atomic mass is 9.97. The number of aryl methyl sites for hydroxylation is 2. The third-order valence-electron chi connectivity index (χ3n) is 2.97. The first-order valence-electron chi connectivity index (χ1n) is 6.06. The van der Waals surface area contributed by atoms with Crippen molar-refractivity contribution in [3.8, 4) is 0 Å². The quantitative estimate of drug-likeness (QED) is 0.572. The second-order valence-electron chi connectivity index (χ2n) is 4.61. The molecule has 1 rings (SSSR count). The molecular weight excluding hydrogens is 194 g/mol. The first kappa shape index (κ1) is 13.0. The molecule has 0 fully saturated rings. The number of rotatable bonds is 6. The van der Waals surface area contributed by atoms with Crippen LogP contribution in [0, 0.1) is 13.8 Å². The summed E-state index contributed by atoms with van der Waals surface area (Å²) in [5.74, 6) is 0. The van der Waals surface area contributed by atoms with Crippen LogP contribution in [0.15, 0.2) is 30.9 Å².